The van der Waals surface area contributed by atoms with E-state index in [9.17, 15) is 24.8 Å². The Bertz CT molecular complexity index is 2780. The zero-order valence-corrected chi connectivity index (χ0v) is 39.1. The first-order valence-corrected chi connectivity index (χ1v) is 20.6. The normalized spacial score (nSPS) is 11.2. The zero-order valence-electron chi connectivity index (χ0n) is 39.1. The van der Waals surface area contributed by atoms with Crippen molar-refractivity contribution in [2.75, 3.05) is 55.9 Å². The minimum Gasteiger partial charge on any atom is -0.493 e. The average molecular weight is 918 g/mol. The number of carbonyl (C=O) groups is 3. The molecule has 0 saturated heterocycles. The van der Waals surface area contributed by atoms with E-state index in [1.807, 2.05) is 36.4 Å². The third-order valence-corrected chi connectivity index (χ3v) is 10.1. The van der Waals surface area contributed by atoms with E-state index in [-0.39, 0.29) is 42.8 Å². The van der Waals surface area contributed by atoms with Gasteiger partial charge < -0.3 is 44.0 Å². The van der Waals surface area contributed by atoms with Crippen LogP contribution in [-0.4, -0.2) is 110 Å². The summed E-state index contributed by atoms with van der Waals surface area (Å²) in [6, 6.07) is 21.7. The number of carbonyl (C=O) groups excluding carboxylic acids is 3. The van der Waals surface area contributed by atoms with Crippen LogP contribution in [0, 0.1) is 28.1 Å². The average Bonchev–Trinajstić information content (AvgIpc) is 3.96. The minimum absolute atomic E-state index is 0.0236. The van der Waals surface area contributed by atoms with Crippen LogP contribution in [-0.2, 0) is 9.59 Å². The summed E-state index contributed by atoms with van der Waals surface area (Å²) in [6.07, 6.45) is 2.53. The lowest BCUT2D eigenvalue weighted by molar-refractivity contribution is -0.120. The number of hydrogen-bond donors (Lipinski definition) is 5. The number of methoxy groups -OCH3 is 6. The third-order valence-electron chi connectivity index (χ3n) is 10.1. The van der Waals surface area contributed by atoms with Gasteiger partial charge in [-0.15, -0.1) is 0 Å². The molecule has 0 aliphatic heterocycles. The van der Waals surface area contributed by atoms with Crippen molar-refractivity contribution in [3.8, 4) is 69.2 Å². The van der Waals surface area contributed by atoms with Crippen LogP contribution in [0.3, 0.4) is 0 Å². The molecule has 2 aromatic heterocycles. The molecule has 352 valence electrons. The minimum atomic E-state index is -0.846. The van der Waals surface area contributed by atoms with Crippen LogP contribution in [0.4, 0.5) is 0 Å². The number of fused-ring (bicyclic) bond motifs is 2. The zero-order chi connectivity index (χ0) is 49.5. The number of amides is 1. The number of nitrogens with one attached hydrogen (secondary N) is 3. The Morgan fingerprint density at radius 3 is 1.51 bits per heavy atom. The van der Waals surface area contributed by atoms with E-state index < -0.39 is 11.4 Å². The van der Waals surface area contributed by atoms with Gasteiger partial charge in [0.05, 0.1) is 78.3 Å². The van der Waals surface area contributed by atoms with Gasteiger partial charge in [0, 0.05) is 40.5 Å². The summed E-state index contributed by atoms with van der Waals surface area (Å²) in [5.74, 6) is 2.41. The number of nitrogens with zero attached hydrogens (tertiary/aromatic N) is 4. The number of aromatic amines is 2. The van der Waals surface area contributed by atoms with Gasteiger partial charge in [-0.05, 0) is 85.5 Å². The summed E-state index contributed by atoms with van der Waals surface area (Å²) in [7, 11) is 9.30. The van der Waals surface area contributed by atoms with Gasteiger partial charge in [-0.1, -0.05) is 19.9 Å². The van der Waals surface area contributed by atoms with Gasteiger partial charge in [0.15, 0.2) is 23.0 Å². The molecule has 4 aromatic carbocycles. The van der Waals surface area contributed by atoms with Crippen LogP contribution in [0.1, 0.15) is 56.5 Å². The smallest absolute Gasteiger partial charge is 0.262 e. The van der Waals surface area contributed by atoms with Gasteiger partial charge in [0.2, 0.25) is 11.5 Å². The molecule has 0 atom stereocenters. The fourth-order valence-corrected chi connectivity index (χ4v) is 6.57. The molecule has 67 heavy (non-hydrogen) atoms. The second-order valence-electron chi connectivity index (χ2n) is 16.2. The molecule has 0 unspecified atom stereocenters. The van der Waals surface area contributed by atoms with E-state index in [4.69, 9.17) is 38.8 Å². The number of benzene rings is 4. The Morgan fingerprint density at radius 1 is 0.687 bits per heavy atom. The molecule has 0 aliphatic carbocycles. The molecule has 18 heteroatoms. The summed E-state index contributed by atoms with van der Waals surface area (Å²) in [5, 5.41) is 54.8. The maximum absolute atomic E-state index is 12.5. The van der Waals surface area contributed by atoms with Gasteiger partial charge in [0.25, 0.3) is 5.91 Å². The number of nitriles is 2. The molecular weight excluding hydrogens is 863 g/mol. The molecule has 0 aliphatic rings. The van der Waals surface area contributed by atoms with Crippen molar-refractivity contribution in [3.05, 3.63) is 77.4 Å². The number of rotatable bonds is 17. The largest absolute Gasteiger partial charge is 0.493 e. The Labute approximate surface area is 388 Å². The summed E-state index contributed by atoms with van der Waals surface area (Å²) in [5.41, 5.74) is 4.45. The maximum Gasteiger partial charge on any atom is 0.262 e. The molecule has 0 radical (unpaired) electrons. The molecule has 6 aromatic rings. The van der Waals surface area contributed by atoms with E-state index in [1.165, 1.54) is 13.2 Å². The maximum atomic E-state index is 12.5. The number of Topliss-reactive ketones (excluding diaryl/α,β-unsaturated/α-hetero) is 1. The molecular formula is C49H55N7O11. The van der Waals surface area contributed by atoms with Crippen molar-refractivity contribution in [2.24, 2.45) is 5.41 Å². The van der Waals surface area contributed by atoms with E-state index in [2.05, 4.69) is 25.7 Å². The summed E-state index contributed by atoms with van der Waals surface area (Å²) >= 11 is 0. The fraction of sp³-hybridized carbons (Fsp3) is 0.327. The van der Waals surface area contributed by atoms with Gasteiger partial charge in [-0.3, -0.25) is 24.6 Å². The van der Waals surface area contributed by atoms with Crippen LogP contribution in [0.5, 0.6) is 34.5 Å². The van der Waals surface area contributed by atoms with Crippen molar-refractivity contribution < 1.29 is 53.0 Å². The van der Waals surface area contributed by atoms with E-state index in [0.717, 1.165) is 39.2 Å². The molecule has 0 saturated carbocycles. The lowest BCUT2D eigenvalue weighted by atomic mass is 9.88. The summed E-state index contributed by atoms with van der Waals surface area (Å²) < 4.78 is 32.4. The highest BCUT2D eigenvalue weighted by Gasteiger charge is 2.23. The van der Waals surface area contributed by atoms with Crippen LogP contribution in [0.25, 0.3) is 50.4 Å². The Kier molecular flexibility index (Phi) is 18.0. The lowest BCUT2D eigenvalue weighted by Gasteiger charge is -2.23. The van der Waals surface area contributed by atoms with Crippen molar-refractivity contribution >= 4 is 45.9 Å². The van der Waals surface area contributed by atoms with E-state index >= 15 is 0 Å². The van der Waals surface area contributed by atoms with Crippen molar-refractivity contribution in [3.63, 3.8) is 0 Å². The van der Waals surface area contributed by atoms with Crippen molar-refractivity contribution in [1.82, 2.24) is 25.7 Å². The number of aromatic nitrogens is 4. The van der Waals surface area contributed by atoms with Crippen LogP contribution in [0.15, 0.2) is 66.2 Å². The third kappa shape index (κ3) is 12.9. The molecule has 5 N–H and O–H groups in total. The highest BCUT2D eigenvalue weighted by Crippen LogP contribution is 2.43. The van der Waals surface area contributed by atoms with Gasteiger partial charge in [-0.2, -0.15) is 20.7 Å². The fourth-order valence-electron chi connectivity index (χ4n) is 6.57. The molecule has 6 rings (SSSR count). The van der Waals surface area contributed by atoms with E-state index in [1.54, 1.807) is 99.6 Å². The monoisotopic (exact) mass is 917 g/mol. The lowest BCUT2D eigenvalue weighted by Crippen LogP contribution is -2.46. The molecule has 1 amide bonds. The first-order chi connectivity index (χ1) is 32.0. The standard InChI is InChI=1S/C24H26N4O5.C17H16N2O4.C8H13NO2/c1-24(2,13-29)26-23(30)16(12-25)8-14-6-7-18-17(9-14)21(28-27-18)15-10-19(31-3)22(33-5)20(11-15)32-4;1-21-14-7-11(8-15(22-2)17(14)23-3)16-12-6-10(9-20)4-5-13(12)18-19-16;1-8(2,6-10)5-7(11)3-4-9/h6-11,29H,13H2,1-5H3,(H,26,30)(H,27,28);4-9H,1-3H3,(H,18,19);10H,3,5-6H2,1-2H3/b16-8+;;. The Hall–Kier alpha value is -7.93. The van der Waals surface area contributed by atoms with Gasteiger partial charge >= 0.3 is 0 Å². The molecule has 2 heterocycles. The number of ether oxygens (including phenoxy) is 6. The summed E-state index contributed by atoms with van der Waals surface area (Å²) in [4.78, 5) is 34.4. The highest BCUT2D eigenvalue weighted by molar-refractivity contribution is 6.03. The Balaban J connectivity index is 0.000000249. The van der Waals surface area contributed by atoms with E-state index in [0.29, 0.717) is 57.0 Å². The van der Waals surface area contributed by atoms with Crippen LogP contribution >= 0.6 is 0 Å². The molecule has 18 nitrogen and oxygen atoms in total. The number of ketones is 1. The predicted octanol–water partition coefficient (Wildman–Crippen LogP) is 7.00. The number of aliphatic hydroxyl groups excluding tert-OH is 2. The van der Waals surface area contributed by atoms with Crippen LogP contribution in [0.2, 0.25) is 0 Å². The Morgan fingerprint density at radius 2 is 1.13 bits per heavy atom. The number of hydrogen-bond acceptors (Lipinski definition) is 15. The van der Waals surface area contributed by atoms with Gasteiger partial charge in [0.1, 0.15) is 35.1 Å². The molecule has 0 fully saturated rings. The second-order valence-corrected chi connectivity index (χ2v) is 16.2. The predicted molar refractivity (Wildman–Crippen MR) is 251 cm³/mol. The molecule has 0 spiro atoms. The quantitative estimate of drug-likeness (QED) is 0.0350. The summed E-state index contributed by atoms with van der Waals surface area (Å²) in [6.45, 7) is 6.65. The second kappa shape index (κ2) is 23.3. The SMILES string of the molecule is CC(C)(CO)CC(=O)CC#N.COc1cc(-c2n[nH]c3ccc(/C=C(\C#N)C(=O)NC(C)(C)CO)cc23)cc(OC)c1OC.COc1cc(-c2n[nH]c3ccc(C=O)cc23)cc(OC)c1OC. The number of aliphatic hydroxyl groups is 2. The first-order valence-electron chi connectivity index (χ1n) is 20.6. The van der Waals surface area contributed by atoms with Crippen LogP contribution < -0.4 is 33.7 Å². The van der Waals surface area contributed by atoms with Gasteiger partial charge in [-0.25, -0.2) is 0 Å². The number of aldehydes is 1. The highest BCUT2D eigenvalue weighted by atomic mass is 16.5. The van der Waals surface area contributed by atoms with Crippen molar-refractivity contribution in [1.29, 1.82) is 10.5 Å². The topological polar surface area (TPSA) is 264 Å². The first kappa shape index (κ1) is 51.7. The van der Waals surface area contributed by atoms with Crippen molar-refractivity contribution in [2.45, 2.75) is 46.1 Å². The molecule has 0 bridgehead atoms. The number of H-pyrrole nitrogens is 2.